The zero-order valence-corrected chi connectivity index (χ0v) is 8.74. The zero-order valence-electron chi connectivity index (χ0n) is 8.74. The molecule has 4 heteroatoms. The van der Waals surface area contributed by atoms with Gasteiger partial charge in [0, 0.05) is 26.3 Å². The molecular weight excluding hydrogens is 176 g/mol. The van der Waals surface area contributed by atoms with Crippen LogP contribution in [0.4, 0.5) is 0 Å². The van der Waals surface area contributed by atoms with Crippen molar-refractivity contribution in [1.82, 2.24) is 20.2 Å². The van der Waals surface area contributed by atoms with Crippen LogP contribution in [-0.2, 0) is 13.6 Å². The number of piperidine rings is 1. The van der Waals surface area contributed by atoms with E-state index < -0.39 is 0 Å². The predicted octanol–water partition coefficient (Wildman–Crippen LogP) is 0.911. The van der Waals surface area contributed by atoms with E-state index in [0.29, 0.717) is 0 Å². The summed E-state index contributed by atoms with van der Waals surface area (Å²) >= 11 is 0. The maximum atomic E-state index is 4.32. The van der Waals surface area contributed by atoms with Crippen LogP contribution >= 0.6 is 0 Å². The molecule has 1 aromatic heterocycles. The van der Waals surface area contributed by atoms with Gasteiger partial charge in [0.25, 0.3) is 0 Å². The zero-order chi connectivity index (χ0) is 9.80. The largest absolute Gasteiger partial charge is 0.276 e. The van der Waals surface area contributed by atoms with E-state index in [-0.39, 0.29) is 0 Å². The molecule has 0 amide bonds. The first kappa shape index (κ1) is 9.68. The van der Waals surface area contributed by atoms with Crippen LogP contribution in [0.1, 0.15) is 25.0 Å². The molecule has 1 saturated heterocycles. The SMILES string of the molecule is Cn1ccc(CNN2CCCCC2)n1. The summed E-state index contributed by atoms with van der Waals surface area (Å²) in [5, 5.41) is 6.63. The summed E-state index contributed by atoms with van der Waals surface area (Å²) in [4.78, 5) is 0. The van der Waals surface area contributed by atoms with Gasteiger partial charge in [0.2, 0.25) is 0 Å². The first-order valence-electron chi connectivity index (χ1n) is 5.31. The predicted molar refractivity (Wildman–Crippen MR) is 55.5 cm³/mol. The lowest BCUT2D eigenvalue weighted by Gasteiger charge is -2.26. The second-order valence-electron chi connectivity index (χ2n) is 3.86. The summed E-state index contributed by atoms with van der Waals surface area (Å²) in [6, 6.07) is 2.05. The molecule has 0 spiro atoms. The van der Waals surface area contributed by atoms with Crippen molar-refractivity contribution in [1.29, 1.82) is 0 Å². The number of nitrogens with zero attached hydrogens (tertiary/aromatic N) is 3. The van der Waals surface area contributed by atoms with Crippen LogP contribution in [0.5, 0.6) is 0 Å². The highest BCUT2D eigenvalue weighted by molar-refractivity contribution is 4.97. The molecule has 1 aliphatic rings. The number of hydrogen-bond donors (Lipinski definition) is 1. The monoisotopic (exact) mass is 194 g/mol. The minimum Gasteiger partial charge on any atom is -0.276 e. The highest BCUT2D eigenvalue weighted by Gasteiger charge is 2.09. The van der Waals surface area contributed by atoms with Gasteiger partial charge in [-0.3, -0.25) is 4.68 Å². The molecule has 0 saturated carbocycles. The van der Waals surface area contributed by atoms with Gasteiger partial charge in [-0.15, -0.1) is 0 Å². The molecule has 2 rings (SSSR count). The van der Waals surface area contributed by atoms with Crippen molar-refractivity contribution in [3.63, 3.8) is 0 Å². The second-order valence-corrected chi connectivity index (χ2v) is 3.86. The molecule has 78 valence electrons. The van der Waals surface area contributed by atoms with E-state index in [1.807, 2.05) is 17.9 Å². The van der Waals surface area contributed by atoms with E-state index in [4.69, 9.17) is 0 Å². The fourth-order valence-corrected chi connectivity index (χ4v) is 1.80. The molecular formula is C10H18N4. The molecule has 1 fully saturated rings. The average molecular weight is 194 g/mol. The summed E-state index contributed by atoms with van der Waals surface area (Å²) < 4.78 is 1.84. The Balaban J connectivity index is 1.76. The van der Waals surface area contributed by atoms with Crippen molar-refractivity contribution in [2.24, 2.45) is 7.05 Å². The number of aryl methyl sites for hydroxylation is 1. The van der Waals surface area contributed by atoms with E-state index in [1.165, 1.54) is 32.4 Å². The fourth-order valence-electron chi connectivity index (χ4n) is 1.80. The van der Waals surface area contributed by atoms with Crippen LogP contribution < -0.4 is 5.43 Å². The van der Waals surface area contributed by atoms with Crippen molar-refractivity contribution in [2.75, 3.05) is 13.1 Å². The quantitative estimate of drug-likeness (QED) is 0.776. The van der Waals surface area contributed by atoms with E-state index in [1.54, 1.807) is 0 Å². The van der Waals surface area contributed by atoms with Crippen LogP contribution in [0.15, 0.2) is 12.3 Å². The molecule has 0 aliphatic carbocycles. The van der Waals surface area contributed by atoms with E-state index in [2.05, 4.69) is 21.6 Å². The Hall–Kier alpha value is -0.870. The fraction of sp³-hybridized carbons (Fsp3) is 0.700. The summed E-state index contributed by atoms with van der Waals surface area (Å²) in [5.41, 5.74) is 4.52. The van der Waals surface area contributed by atoms with Gasteiger partial charge in [0.1, 0.15) is 0 Å². The van der Waals surface area contributed by atoms with Gasteiger partial charge in [-0.1, -0.05) is 6.42 Å². The maximum Gasteiger partial charge on any atom is 0.0776 e. The van der Waals surface area contributed by atoms with Crippen molar-refractivity contribution < 1.29 is 0 Å². The normalized spacial score (nSPS) is 18.6. The van der Waals surface area contributed by atoms with Gasteiger partial charge in [-0.2, -0.15) is 5.10 Å². The minimum atomic E-state index is 0.848. The number of aromatic nitrogens is 2. The number of hydrazine groups is 1. The molecule has 0 atom stereocenters. The van der Waals surface area contributed by atoms with E-state index in [0.717, 1.165) is 12.2 Å². The molecule has 1 N–H and O–H groups in total. The summed E-state index contributed by atoms with van der Waals surface area (Å²) in [6.45, 7) is 3.19. The van der Waals surface area contributed by atoms with Gasteiger partial charge in [0.05, 0.1) is 12.2 Å². The highest BCUT2D eigenvalue weighted by Crippen LogP contribution is 2.06. The third-order valence-electron chi connectivity index (χ3n) is 2.61. The minimum absolute atomic E-state index is 0.848. The first-order valence-corrected chi connectivity index (χ1v) is 5.31. The van der Waals surface area contributed by atoms with Gasteiger partial charge < -0.3 is 0 Å². The Morgan fingerprint density at radius 2 is 2.14 bits per heavy atom. The smallest absolute Gasteiger partial charge is 0.0776 e. The highest BCUT2D eigenvalue weighted by atomic mass is 15.5. The summed E-state index contributed by atoms with van der Waals surface area (Å²) in [6.07, 6.45) is 5.99. The van der Waals surface area contributed by atoms with Crippen molar-refractivity contribution >= 4 is 0 Å². The van der Waals surface area contributed by atoms with Gasteiger partial charge >= 0.3 is 0 Å². The number of hydrogen-bond acceptors (Lipinski definition) is 3. The Morgan fingerprint density at radius 3 is 2.79 bits per heavy atom. The standard InChI is InChI=1S/C10H18N4/c1-13-8-5-10(12-13)9-11-14-6-3-2-4-7-14/h5,8,11H,2-4,6-7,9H2,1H3. The van der Waals surface area contributed by atoms with Crippen molar-refractivity contribution in [2.45, 2.75) is 25.8 Å². The van der Waals surface area contributed by atoms with E-state index in [9.17, 15) is 0 Å². The van der Waals surface area contributed by atoms with Crippen molar-refractivity contribution in [3.8, 4) is 0 Å². The van der Waals surface area contributed by atoms with Gasteiger partial charge in [0.15, 0.2) is 0 Å². The summed E-state index contributed by atoms with van der Waals surface area (Å²) in [5.74, 6) is 0. The van der Waals surface area contributed by atoms with Crippen molar-refractivity contribution in [3.05, 3.63) is 18.0 Å². The molecule has 14 heavy (non-hydrogen) atoms. The van der Waals surface area contributed by atoms with Crippen LogP contribution in [-0.4, -0.2) is 27.9 Å². The molecule has 0 unspecified atom stereocenters. The average Bonchev–Trinajstić information content (AvgIpc) is 2.63. The number of rotatable bonds is 3. The molecule has 0 bridgehead atoms. The van der Waals surface area contributed by atoms with Gasteiger partial charge in [-0.25, -0.2) is 10.4 Å². The third kappa shape index (κ3) is 2.56. The molecule has 2 heterocycles. The lowest BCUT2D eigenvalue weighted by Crippen LogP contribution is -2.41. The Bertz CT molecular complexity index is 275. The van der Waals surface area contributed by atoms with Crippen LogP contribution in [0.3, 0.4) is 0 Å². The second kappa shape index (κ2) is 4.57. The lowest BCUT2D eigenvalue weighted by molar-refractivity contribution is 0.150. The maximum absolute atomic E-state index is 4.32. The molecule has 1 aliphatic heterocycles. The van der Waals surface area contributed by atoms with Crippen LogP contribution in [0.2, 0.25) is 0 Å². The van der Waals surface area contributed by atoms with Crippen LogP contribution in [0.25, 0.3) is 0 Å². The topological polar surface area (TPSA) is 33.1 Å². The molecule has 4 nitrogen and oxygen atoms in total. The Kier molecular flexibility index (Phi) is 3.16. The van der Waals surface area contributed by atoms with Crippen LogP contribution in [0, 0.1) is 0 Å². The number of nitrogens with one attached hydrogen (secondary N) is 1. The molecule has 0 radical (unpaired) electrons. The van der Waals surface area contributed by atoms with Gasteiger partial charge in [-0.05, 0) is 18.9 Å². The summed E-state index contributed by atoms with van der Waals surface area (Å²) in [7, 11) is 1.95. The molecule has 1 aromatic rings. The first-order chi connectivity index (χ1) is 6.84. The molecule has 0 aromatic carbocycles. The lowest BCUT2D eigenvalue weighted by atomic mass is 10.2. The van der Waals surface area contributed by atoms with E-state index >= 15 is 0 Å². The third-order valence-corrected chi connectivity index (χ3v) is 2.61. The Morgan fingerprint density at radius 1 is 1.36 bits per heavy atom. The Labute approximate surface area is 84.9 Å².